The van der Waals surface area contributed by atoms with Crippen LogP contribution in [0.25, 0.3) is 0 Å². The first-order valence-electron chi connectivity index (χ1n) is 9.27. The zero-order valence-corrected chi connectivity index (χ0v) is 15.7. The molecule has 0 aromatic heterocycles. The summed E-state index contributed by atoms with van der Waals surface area (Å²) < 4.78 is 25.3. The van der Waals surface area contributed by atoms with Gasteiger partial charge in [0.05, 0.1) is 6.26 Å². The molecule has 3 rings (SSSR count). The van der Waals surface area contributed by atoms with E-state index in [-0.39, 0.29) is 11.9 Å². The van der Waals surface area contributed by atoms with Gasteiger partial charge in [-0.2, -0.15) is 4.31 Å². The minimum atomic E-state index is -3.33. The van der Waals surface area contributed by atoms with Crippen LogP contribution in [0.3, 0.4) is 0 Å². The average molecular weight is 365 g/mol. The van der Waals surface area contributed by atoms with E-state index in [1.54, 1.807) is 0 Å². The lowest BCUT2D eigenvalue weighted by atomic mass is 9.81. The van der Waals surface area contributed by atoms with Crippen LogP contribution in [0.1, 0.15) is 56.4 Å². The number of piperidine rings is 1. The number of hydrogen-bond donors (Lipinski definition) is 1. The van der Waals surface area contributed by atoms with Gasteiger partial charge in [0.15, 0.2) is 0 Å². The number of hydrogen-bond acceptors (Lipinski definition) is 3. The lowest BCUT2D eigenvalue weighted by Crippen LogP contribution is -2.53. The highest BCUT2D eigenvalue weighted by molar-refractivity contribution is 7.88. The Balaban J connectivity index is 1.55. The molecule has 6 heteroatoms. The Bertz CT molecular complexity index is 682. The van der Waals surface area contributed by atoms with E-state index < -0.39 is 16.1 Å². The molecule has 2 fully saturated rings. The second kappa shape index (κ2) is 7.87. The van der Waals surface area contributed by atoms with Crippen molar-refractivity contribution in [3.8, 4) is 0 Å². The van der Waals surface area contributed by atoms with Gasteiger partial charge in [-0.3, -0.25) is 4.79 Å². The molecule has 1 aromatic rings. The number of nitrogens with one attached hydrogen (secondary N) is 1. The van der Waals surface area contributed by atoms with E-state index in [0.717, 1.165) is 38.5 Å². The van der Waals surface area contributed by atoms with Crippen LogP contribution in [0.15, 0.2) is 30.3 Å². The third-order valence-corrected chi connectivity index (χ3v) is 6.82. The fourth-order valence-electron chi connectivity index (χ4n) is 4.16. The maximum Gasteiger partial charge on any atom is 0.238 e. The topological polar surface area (TPSA) is 66.5 Å². The van der Waals surface area contributed by atoms with Gasteiger partial charge in [0.2, 0.25) is 15.9 Å². The number of carbonyl (C=O) groups is 1. The first-order valence-corrected chi connectivity index (χ1v) is 11.1. The van der Waals surface area contributed by atoms with Crippen molar-refractivity contribution in [3.63, 3.8) is 0 Å². The number of carbonyl (C=O) groups excluding carboxylic acids is 1. The van der Waals surface area contributed by atoms with E-state index in [1.807, 2.05) is 6.07 Å². The smallest absolute Gasteiger partial charge is 0.238 e. The highest BCUT2D eigenvalue weighted by atomic mass is 32.2. The van der Waals surface area contributed by atoms with Gasteiger partial charge in [0.25, 0.3) is 0 Å². The summed E-state index contributed by atoms with van der Waals surface area (Å²) in [5, 5.41) is 3.12. The van der Waals surface area contributed by atoms with Crippen molar-refractivity contribution in [2.45, 2.75) is 62.9 Å². The molecule has 1 unspecified atom stereocenters. The minimum absolute atomic E-state index is 0.117. The van der Waals surface area contributed by atoms with Crippen LogP contribution in [0.4, 0.5) is 0 Å². The fourth-order valence-corrected chi connectivity index (χ4v) is 5.28. The van der Waals surface area contributed by atoms with Crippen LogP contribution < -0.4 is 5.32 Å². The monoisotopic (exact) mass is 364 g/mol. The van der Waals surface area contributed by atoms with Gasteiger partial charge in [0.1, 0.15) is 6.04 Å². The summed E-state index contributed by atoms with van der Waals surface area (Å²) in [6, 6.07) is 10.2. The van der Waals surface area contributed by atoms with Gasteiger partial charge >= 0.3 is 0 Å². The van der Waals surface area contributed by atoms with Crippen molar-refractivity contribution in [1.29, 1.82) is 0 Å². The van der Waals surface area contributed by atoms with E-state index in [4.69, 9.17) is 0 Å². The van der Waals surface area contributed by atoms with Gasteiger partial charge in [-0.25, -0.2) is 8.42 Å². The molecule has 2 aliphatic rings. The summed E-state index contributed by atoms with van der Waals surface area (Å²) >= 11 is 0. The minimum Gasteiger partial charge on any atom is -0.352 e. The number of rotatable bonds is 4. The number of nitrogens with zero attached hydrogens (tertiary/aromatic N) is 1. The zero-order chi connectivity index (χ0) is 17.9. The first-order chi connectivity index (χ1) is 11.9. The predicted octanol–water partition coefficient (Wildman–Crippen LogP) is 2.64. The summed E-state index contributed by atoms with van der Waals surface area (Å²) in [7, 11) is -3.33. The largest absolute Gasteiger partial charge is 0.352 e. The summed E-state index contributed by atoms with van der Waals surface area (Å²) in [6.45, 7) is 0.456. The van der Waals surface area contributed by atoms with Gasteiger partial charge in [-0.15, -0.1) is 0 Å². The Hall–Kier alpha value is -1.40. The number of sulfonamides is 1. The molecule has 0 radical (unpaired) electrons. The van der Waals surface area contributed by atoms with E-state index in [1.165, 1.54) is 16.1 Å². The summed E-state index contributed by atoms with van der Waals surface area (Å²) in [6.07, 6.45) is 7.60. The van der Waals surface area contributed by atoms with E-state index in [0.29, 0.717) is 18.9 Å². The van der Waals surface area contributed by atoms with Gasteiger partial charge in [-0.1, -0.05) is 36.8 Å². The summed E-state index contributed by atoms with van der Waals surface area (Å²) in [4.78, 5) is 12.7. The molecule has 5 nitrogen and oxygen atoms in total. The Labute approximate surface area is 150 Å². The van der Waals surface area contributed by atoms with Crippen molar-refractivity contribution in [1.82, 2.24) is 9.62 Å². The molecule has 1 amide bonds. The summed E-state index contributed by atoms with van der Waals surface area (Å²) in [5.41, 5.74) is 1.38. The Morgan fingerprint density at radius 2 is 1.72 bits per heavy atom. The molecule has 1 saturated carbocycles. The fraction of sp³-hybridized carbons (Fsp3) is 0.632. The maximum absolute atomic E-state index is 12.7. The van der Waals surface area contributed by atoms with Gasteiger partial charge in [0, 0.05) is 12.6 Å². The lowest BCUT2D eigenvalue weighted by Gasteiger charge is -2.35. The Kier molecular flexibility index (Phi) is 5.79. The molecule has 1 aromatic carbocycles. The SMILES string of the molecule is CS(=O)(=O)N1CCCCC1C(=O)NC1CCC(c2ccccc2)CC1. The average Bonchev–Trinajstić information content (AvgIpc) is 2.62. The highest BCUT2D eigenvalue weighted by Gasteiger charge is 2.35. The van der Waals surface area contributed by atoms with Crippen LogP contribution in [0, 0.1) is 0 Å². The summed E-state index contributed by atoms with van der Waals surface area (Å²) in [5.74, 6) is 0.449. The normalized spacial score (nSPS) is 28.4. The lowest BCUT2D eigenvalue weighted by molar-refractivity contribution is -0.126. The molecule has 0 spiro atoms. The van der Waals surface area contributed by atoms with E-state index >= 15 is 0 Å². The van der Waals surface area contributed by atoms with Crippen LogP contribution >= 0.6 is 0 Å². The third kappa shape index (κ3) is 4.61. The van der Waals surface area contributed by atoms with Crippen LogP contribution in [-0.4, -0.2) is 43.5 Å². The second-order valence-corrected chi connectivity index (χ2v) is 9.29. The number of amides is 1. The molecule has 1 atom stereocenters. The second-order valence-electron chi connectivity index (χ2n) is 7.35. The molecular weight excluding hydrogens is 336 g/mol. The molecule has 1 aliphatic heterocycles. The first kappa shape index (κ1) is 18.4. The molecule has 1 N–H and O–H groups in total. The molecule has 25 heavy (non-hydrogen) atoms. The van der Waals surface area contributed by atoms with Crippen molar-refractivity contribution in [3.05, 3.63) is 35.9 Å². The molecule has 1 heterocycles. The molecular formula is C19H28N2O3S. The van der Waals surface area contributed by atoms with Crippen molar-refractivity contribution in [2.75, 3.05) is 12.8 Å². The van der Waals surface area contributed by atoms with Gasteiger partial charge < -0.3 is 5.32 Å². The number of benzene rings is 1. The van der Waals surface area contributed by atoms with Crippen LogP contribution in [-0.2, 0) is 14.8 Å². The van der Waals surface area contributed by atoms with E-state index in [2.05, 4.69) is 29.6 Å². The van der Waals surface area contributed by atoms with Crippen molar-refractivity contribution in [2.24, 2.45) is 0 Å². The van der Waals surface area contributed by atoms with Crippen LogP contribution in [0.2, 0.25) is 0 Å². The third-order valence-electron chi connectivity index (χ3n) is 5.53. The molecule has 1 aliphatic carbocycles. The highest BCUT2D eigenvalue weighted by Crippen LogP contribution is 2.33. The maximum atomic E-state index is 12.7. The standard InChI is InChI=1S/C19H28N2O3S/c1-25(23,24)21-14-6-5-9-18(21)19(22)20-17-12-10-16(11-13-17)15-7-3-2-4-8-15/h2-4,7-8,16-18H,5-6,9-14H2,1H3,(H,20,22). The van der Waals surface area contributed by atoms with Crippen molar-refractivity contribution >= 4 is 15.9 Å². The van der Waals surface area contributed by atoms with Crippen LogP contribution in [0.5, 0.6) is 0 Å². The van der Waals surface area contributed by atoms with E-state index in [9.17, 15) is 13.2 Å². The molecule has 0 bridgehead atoms. The zero-order valence-electron chi connectivity index (χ0n) is 14.9. The molecule has 1 saturated heterocycles. The quantitative estimate of drug-likeness (QED) is 0.893. The predicted molar refractivity (Wildman–Crippen MR) is 98.8 cm³/mol. The Morgan fingerprint density at radius 1 is 1.04 bits per heavy atom. The molecule has 138 valence electrons. The van der Waals surface area contributed by atoms with Gasteiger partial charge in [-0.05, 0) is 50.0 Å². The van der Waals surface area contributed by atoms with Crippen molar-refractivity contribution < 1.29 is 13.2 Å². The Morgan fingerprint density at radius 3 is 2.36 bits per heavy atom.